The van der Waals surface area contributed by atoms with Gasteiger partial charge in [0.2, 0.25) is 0 Å². The molecule has 0 aliphatic heterocycles. The number of halogens is 1. The summed E-state index contributed by atoms with van der Waals surface area (Å²) in [6, 6.07) is 12.8. The maximum atomic E-state index is 11.9. The summed E-state index contributed by atoms with van der Waals surface area (Å²) in [7, 11) is 0. The van der Waals surface area contributed by atoms with Crippen LogP contribution in [0.2, 0.25) is 5.02 Å². The van der Waals surface area contributed by atoms with Crippen LogP contribution >= 0.6 is 11.6 Å². The van der Waals surface area contributed by atoms with E-state index in [1.807, 2.05) is 31.2 Å². The second-order valence-electron chi connectivity index (χ2n) is 5.88. The maximum absolute atomic E-state index is 11.9. The number of carbonyl (C=O) groups excluding carboxylic acids is 2. The zero-order valence-electron chi connectivity index (χ0n) is 15.6. The molecule has 6 nitrogen and oxygen atoms in total. The Morgan fingerprint density at radius 3 is 2.33 bits per heavy atom. The molecule has 142 valence electrons. The molecular formula is C20H23ClN4O2. The predicted octanol–water partition coefficient (Wildman–Crippen LogP) is 3.58. The Bertz CT molecular complexity index is 830. The van der Waals surface area contributed by atoms with Crippen molar-refractivity contribution < 1.29 is 9.59 Å². The number of anilines is 2. The van der Waals surface area contributed by atoms with Crippen LogP contribution in [0, 0.1) is 6.92 Å². The fourth-order valence-corrected chi connectivity index (χ4v) is 2.62. The first-order chi connectivity index (χ1) is 12.9. The Labute approximate surface area is 164 Å². The third-order valence-electron chi connectivity index (χ3n) is 4.04. The van der Waals surface area contributed by atoms with Gasteiger partial charge in [0.15, 0.2) is 0 Å². The van der Waals surface area contributed by atoms with Crippen molar-refractivity contribution in [1.29, 1.82) is 0 Å². The average Bonchev–Trinajstić information content (AvgIpc) is 2.66. The van der Waals surface area contributed by atoms with E-state index in [-0.39, 0.29) is 0 Å². The zero-order chi connectivity index (χ0) is 19.8. The Morgan fingerprint density at radius 1 is 1.07 bits per heavy atom. The summed E-state index contributed by atoms with van der Waals surface area (Å²) in [6.45, 7) is 7.92. The molecule has 0 heterocycles. The van der Waals surface area contributed by atoms with E-state index in [0.29, 0.717) is 10.7 Å². The minimum atomic E-state index is -0.859. The molecule has 0 fully saturated rings. The number of amides is 2. The van der Waals surface area contributed by atoms with Crippen molar-refractivity contribution >= 4 is 41.0 Å². The van der Waals surface area contributed by atoms with Gasteiger partial charge >= 0.3 is 11.8 Å². The van der Waals surface area contributed by atoms with Gasteiger partial charge in [-0.25, -0.2) is 5.43 Å². The van der Waals surface area contributed by atoms with Gasteiger partial charge in [0.05, 0.1) is 6.21 Å². The van der Waals surface area contributed by atoms with Gasteiger partial charge in [0, 0.05) is 29.5 Å². The van der Waals surface area contributed by atoms with Gasteiger partial charge in [-0.1, -0.05) is 29.8 Å². The molecule has 2 N–H and O–H groups in total. The summed E-state index contributed by atoms with van der Waals surface area (Å²) in [5, 5.41) is 6.82. The molecular weight excluding hydrogens is 364 g/mol. The Hall–Kier alpha value is -2.86. The molecule has 2 rings (SSSR count). The van der Waals surface area contributed by atoms with Crippen LogP contribution in [0.15, 0.2) is 47.6 Å². The highest BCUT2D eigenvalue weighted by Gasteiger charge is 2.13. The highest BCUT2D eigenvalue weighted by Crippen LogP contribution is 2.19. The number of carbonyl (C=O) groups is 2. The van der Waals surface area contributed by atoms with Gasteiger partial charge in [-0.05, 0) is 56.2 Å². The summed E-state index contributed by atoms with van der Waals surface area (Å²) in [6.07, 6.45) is 1.49. The SMILES string of the molecule is CCN(CC)c1ccc(/C=N\NC(=O)C(=O)Nc2ccc(C)c(Cl)c2)cc1. The molecule has 0 aliphatic carbocycles. The van der Waals surface area contributed by atoms with E-state index in [2.05, 4.69) is 34.6 Å². The highest BCUT2D eigenvalue weighted by atomic mass is 35.5. The first-order valence-electron chi connectivity index (χ1n) is 8.70. The maximum Gasteiger partial charge on any atom is 0.329 e. The largest absolute Gasteiger partial charge is 0.372 e. The number of benzene rings is 2. The van der Waals surface area contributed by atoms with Crippen LogP contribution in [-0.4, -0.2) is 31.1 Å². The average molecular weight is 387 g/mol. The molecule has 0 saturated heterocycles. The molecule has 0 aliphatic rings. The number of rotatable bonds is 6. The van der Waals surface area contributed by atoms with Gasteiger partial charge in [-0.2, -0.15) is 5.10 Å². The van der Waals surface area contributed by atoms with Crippen molar-refractivity contribution in [3.8, 4) is 0 Å². The van der Waals surface area contributed by atoms with Gasteiger partial charge in [0.25, 0.3) is 0 Å². The molecule has 0 aromatic heterocycles. The van der Waals surface area contributed by atoms with Crippen molar-refractivity contribution in [1.82, 2.24) is 5.43 Å². The highest BCUT2D eigenvalue weighted by molar-refractivity contribution is 6.39. The molecule has 0 saturated carbocycles. The van der Waals surface area contributed by atoms with Crippen LogP contribution < -0.4 is 15.6 Å². The molecule has 0 unspecified atom stereocenters. The lowest BCUT2D eigenvalue weighted by atomic mass is 10.2. The van der Waals surface area contributed by atoms with E-state index in [1.165, 1.54) is 6.21 Å². The van der Waals surface area contributed by atoms with Crippen molar-refractivity contribution in [2.24, 2.45) is 5.10 Å². The molecule has 0 spiro atoms. The first kappa shape index (κ1) is 20.5. The number of hydrogen-bond donors (Lipinski definition) is 2. The lowest BCUT2D eigenvalue weighted by Gasteiger charge is -2.20. The Morgan fingerprint density at radius 2 is 1.74 bits per heavy atom. The summed E-state index contributed by atoms with van der Waals surface area (Å²) in [5.41, 5.74) is 5.48. The van der Waals surface area contributed by atoms with E-state index in [0.717, 1.165) is 29.9 Å². The second kappa shape index (κ2) is 9.73. The molecule has 0 bridgehead atoms. The minimum Gasteiger partial charge on any atom is -0.372 e. The van der Waals surface area contributed by atoms with Gasteiger partial charge < -0.3 is 10.2 Å². The zero-order valence-corrected chi connectivity index (χ0v) is 16.4. The van der Waals surface area contributed by atoms with Crippen LogP contribution in [-0.2, 0) is 9.59 Å². The minimum absolute atomic E-state index is 0.446. The topological polar surface area (TPSA) is 73.8 Å². The number of hydrazone groups is 1. The fraction of sp³-hybridized carbons (Fsp3) is 0.250. The third kappa shape index (κ3) is 5.82. The smallest absolute Gasteiger partial charge is 0.329 e. The summed E-state index contributed by atoms with van der Waals surface area (Å²) < 4.78 is 0. The molecule has 2 aromatic carbocycles. The van der Waals surface area contributed by atoms with E-state index in [1.54, 1.807) is 18.2 Å². The Balaban J connectivity index is 1.90. The van der Waals surface area contributed by atoms with Crippen LogP contribution in [0.4, 0.5) is 11.4 Å². The lowest BCUT2D eigenvalue weighted by molar-refractivity contribution is -0.136. The fourth-order valence-electron chi connectivity index (χ4n) is 2.43. The van der Waals surface area contributed by atoms with E-state index in [9.17, 15) is 9.59 Å². The second-order valence-corrected chi connectivity index (χ2v) is 6.29. The first-order valence-corrected chi connectivity index (χ1v) is 9.08. The molecule has 27 heavy (non-hydrogen) atoms. The molecule has 2 amide bonds. The number of aryl methyl sites for hydroxylation is 1. The van der Waals surface area contributed by atoms with Crippen LogP contribution in [0.3, 0.4) is 0 Å². The van der Waals surface area contributed by atoms with Crippen LogP contribution in [0.25, 0.3) is 0 Å². The van der Waals surface area contributed by atoms with Crippen molar-refractivity contribution in [3.05, 3.63) is 58.6 Å². The lowest BCUT2D eigenvalue weighted by Crippen LogP contribution is -2.32. The third-order valence-corrected chi connectivity index (χ3v) is 4.44. The van der Waals surface area contributed by atoms with Gasteiger partial charge in [0.1, 0.15) is 0 Å². The van der Waals surface area contributed by atoms with Crippen molar-refractivity contribution in [2.75, 3.05) is 23.3 Å². The van der Waals surface area contributed by atoms with Crippen molar-refractivity contribution in [2.45, 2.75) is 20.8 Å². The summed E-state index contributed by atoms with van der Waals surface area (Å²) >= 11 is 6.00. The monoisotopic (exact) mass is 386 g/mol. The molecule has 7 heteroatoms. The normalized spacial score (nSPS) is 10.7. The Kier molecular flexibility index (Phi) is 7.37. The molecule has 0 radical (unpaired) electrons. The number of nitrogens with one attached hydrogen (secondary N) is 2. The predicted molar refractivity (Wildman–Crippen MR) is 111 cm³/mol. The van der Waals surface area contributed by atoms with E-state index in [4.69, 9.17) is 11.6 Å². The number of nitrogens with zero attached hydrogens (tertiary/aromatic N) is 2. The van der Waals surface area contributed by atoms with E-state index < -0.39 is 11.8 Å². The van der Waals surface area contributed by atoms with Crippen LogP contribution in [0.1, 0.15) is 25.0 Å². The van der Waals surface area contributed by atoms with Crippen LogP contribution in [0.5, 0.6) is 0 Å². The standard InChI is InChI=1S/C20H23ClN4O2/c1-4-25(5-2)17-10-7-15(8-11-17)13-22-24-20(27)19(26)23-16-9-6-14(3)18(21)12-16/h6-13H,4-5H2,1-3H3,(H,23,26)(H,24,27)/b22-13-. The van der Waals surface area contributed by atoms with Gasteiger partial charge in [-0.3, -0.25) is 9.59 Å². The van der Waals surface area contributed by atoms with E-state index >= 15 is 0 Å². The molecule has 0 atom stereocenters. The van der Waals surface area contributed by atoms with Gasteiger partial charge in [-0.15, -0.1) is 0 Å². The number of hydrogen-bond acceptors (Lipinski definition) is 4. The quantitative estimate of drug-likeness (QED) is 0.452. The molecule has 2 aromatic rings. The summed E-state index contributed by atoms with van der Waals surface area (Å²) in [4.78, 5) is 26.0. The summed E-state index contributed by atoms with van der Waals surface area (Å²) in [5.74, 6) is -1.67. The van der Waals surface area contributed by atoms with Crippen molar-refractivity contribution in [3.63, 3.8) is 0 Å².